The summed E-state index contributed by atoms with van der Waals surface area (Å²) >= 11 is 0. The Morgan fingerprint density at radius 3 is 2.95 bits per heavy atom. The van der Waals surface area contributed by atoms with Crippen LogP contribution >= 0.6 is 0 Å². The zero-order valence-corrected chi connectivity index (χ0v) is 11.8. The zero-order valence-electron chi connectivity index (χ0n) is 11.8. The summed E-state index contributed by atoms with van der Waals surface area (Å²) in [5.74, 6) is 0.833. The van der Waals surface area contributed by atoms with Crippen molar-refractivity contribution in [3.8, 4) is 11.5 Å². The van der Waals surface area contributed by atoms with Crippen LogP contribution in [0.2, 0.25) is 0 Å². The number of phenolic OH excluding ortho intramolecular Hbond substituents is 1. The van der Waals surface area contributed by atoms with Gasteiger partial charge in [-0.2, -0.15) is 0 Å². The van der Waals surface area contributed by atoms with Gasteiger partial charge in [0, 0.05) is 42.8 Å². The first-order valence-electron chi connectivity index (χ1n) is 6.55. The SMILES string of the molecule is COc1ccc(/C(C)=N/CCCn2ccnc2)c(O)c1. The van der Waals surface area contributed by atoms with Crippen LogP contribution in [0.15, 0.2) is 41.9 Å². The second-order valence-corrected chi connectivity index (χ2v) is 4.50. The molecule has 0 aliphatic rings. The topological polar surface area (TPSA) is 59.6 Å². The monoisotopic (exact) mass is 273 g/mol. The third kappa shape index (κ3) is 3.60. The normalized spacial score (nSPS) is 11.6. The van der Waals surface area contributed by atoms with Gasteiger partial charge < -0.3 is 14.4 Å². The van der Waals surface area contributed by atoms with E-state index in [1.165, 1.54) is 0 Å². The van der Waals surface area contributed by atoms with Gasteiger partial charge in [0.15, 0.2) is 0 Å². The zero-order chi connectivity index (χ0) is 14.4. The molecule has 1 aromatic heterocycles. The van der Waals surface area contributed by atoms with Crippen LogP contribution in [-0.4, -0.2) is 34.0 Å². The van der Waals surface area contributed by atoms with Crippen LogP contribution in [0.3, 0.4) is 0 Å². The molecule has 5 nitrogen and oxygen atoms in total. The summed E-state index contributed by atoms with van der Waals surface area (Å²) in [4.78, 5) is 8.49. The summed E-state index contributed by atoms with van der Waals surface area (Å²) in [6.45, 7) is 3.51. The van der Waals surface area contributed by atoms with E-state index in [1.807, 2.05) is 29.8 Å². The molecule has 1 N–H and O–H groups in total. The average Bonchev–Trinajstić information content (AvgIpc) is 2.96. The van der Waals surface area contributed by atoms with Crippen molar-refractivity contribution in [2.45, 2.75) is 19.9 Å². The van der Waals surface area contributed by atoms with Gasteiger partial charge in [0.05, 0.1) is 13.4 Å². The molecule has 0 aliphatic heterocycles. The minimum atomic E-state index is 0.195. The van der Waals surface area contributed by atoms with Crippen LogP contribution in [0.1, 0.15) is 18.9 Å². The molecule has 1 heterocycles. The lowest BCUT2D eigenvalue weighted by atomic mass is 10.1. The average molecular weight is 273 g/mol. The van der Waals surface area contributed by atoms with Crippen molar-refractivity contribution in [3.63, 3.8) is 0 Å². The minimum Gasteiger partial charge on any atom is -0.507 e. The Bertz CT molecular complexity index is 577. The maximum Gasteiger partial charge on any atom is 0.128 e. The highest BCUT2D eigenvalue weighted by atomic mass is 16.5. The van der Waals surface area contributed by atoms with E-state index in [4.69, 9.17) is 4.74 Å². The van der Waals surface area contributed by atoms with Gasteiger partial charge in [-0.15, -0.1) is 0 Å². The Morgan fingerprint density at radius 2 is 2.30 bits per heavy atom. The van der Waals surface area contributed by atoms with E-state index >= 15 is 0 Å². The minimum absolute atomic E-state index is 0.195. The third-order valence-electron chi connectivity index (χ3n) is 3.08. The molecule has 2 rings (SSSR count). The van der Waals surface area contributed by atoms with Crippen LogP contribution in [0, 0.1) is 0 Å². The fourth-order valence-corrected chi connectivity index (χ4v) is 1.95. The lowest BCUT2D eigenvalue weighted by Gasteiger charge is -2.07. The van der Waals surface area contributed by atoms with E-state index in [2.05, 4.69) is 9.98 Å². The summed E-state index contributed by atoms with van der Waals surface area (Å²) in [6, 6.07) is 5.24. The Hall–Kier alpha value is -2.30. The first kappa shape index (κ1) is 14.1. The Kier molecular flexibility index (Phi) is 4.76. The van der Waals surface area contributed by atoms with Crippen molar-refractivity contribution in [1.29, 1.82) is 0 Å². The summed E-state index contributed by atoms with van der Waals surface area (Å²) in [5, 5.41) is 9.93. The molecular formula is C15H19N3O2. The summed E-state index contributed by atoms with van der Waals surface area (Å²) in [5.41, 5.74) is 1.57. The standard InChI is InChI=1S/C15H19N3O2/c1-12(14-5-4-13(20-2)10-15(14)19)17-6-3-8-18-9-7-16-11-18/h4-5,7,9-11,19H,3,6,8H2,1-2H3/b17-12+. The molecule has 0 bridgehead atoms. The molecule has 0 saturated heterocycles. The Balaban J connectivity index is 1.92. The molecule has 0 spiro atoms. The third-order valence-corrected chi connectivity index (χ3v) is 3.08. The first-order valence-corrected chi connectivity index (χ1v) is 6.55. The second-order valence-electron chi connectivity index (χ2n) is 4.50. The van der Waals surface area contributed by atoms with Crippen molar-refractivity contribution < 1.29 is 9.84 Å². The number of phenols is 1. The fraction of sp³-hybridized carbons (Fsp3) is 0.333. The highest BCUT2D eigenvalue weighted by Crippen LogP contribution is 2.23. The van der Waals surface area contributed by atoms with Crippen molar-refractivity contribution in [2.24, 2.45) is 4.99 Å². The van der Waals surface area contributed by atoms with Gasteiger partial charge in [0.2, 0.25) is 0 Å². The number of hydrogen-bond acceptors (Lipinski definition) is 4. The van der Waals surface area contributed by atoms with Crippen molar-refractivity contribution in [1.82, 2.24) is 9.55 Å². The molecule has 0 saturated carbocycles. The molecule has 0 radical (unpaired) electrons. The number of aliphatic imine (C=N–C) groups is 1. The van der Waals surface area contributed by atoms with Crippen molar-refractivity contribution >= 4 is 5.71 Å². The van der Waals surface area contributed by atoms with E-state index in [-0.39, 0.29) is 5.75 Å². The number of aromatic nitrogens is 2. The summed E-state index contributed by atoms with van der Waals surface area (Å²) in [6.07, 6.45) is 6.44. The molecule has 0 atom stereocenters. The molecule has 20 heavy (non-hydrogen) atoms. The van der Waals surface area contributed by atoms with E-state index in [1.54, 1.807) is 25.7 Å². The molecule has 5 heteroatoms. The predicted octanol–water partition coefficient (Wildman–Crippen LogP) is 2.50. The number of aromatic hydroxyl groups is 1. The summed E-state index contributed by atoms with van der Waals surface area (Å²) in [7, 11) is 1.57. The summed E-state index contributed by atoms with van der Waals surface area (Å²) < 4.78 is 7.08. The van der Waals surface area contributed by atoms with Gasteiger partial charge >= 0.3 is 0 Å². The Labute approximate surface area is 118 Å². The molecule has 2 aromatic rings. The highest BCUT2D eigenvalue weighted by Gasteiger charge is 2.05. The van der Waals surface area contributed by atoms with E-state index in [9.17, 15) is 5.11 Å². The molecule has 0 aliphatic carbocycles. The largest absolute Gasteiger partial charge is 0.507 e. The van der Waals surface area contributed by atoms with E-state index in [0.29, 0.717) is 5.75 Å². The quantitative estimate of drug-likeness (QED) is 0.650. The van der Waals surface area contributed by atoms with Gasteiger partial charge in [0.1, 0.15) is 11.5 Å². The molecule has 0 unspecified atom stereocenters. The van der Waals surface area contributed by atoms with Crippen molar-refractivity contribution in [3.05, 3.63) is 42.5 Å². The number of benzene rings is 1. The maximum atomic E-state index is 9.93. The molecule has 0 fully saturated rings. The molecule has 1 aromatic carbocycles. The molecule has 0 amide bonds. The van der Waals surface area contributed by atoms with Crippen LogP contribution < -0.4 is 4.74 Å². The number of nitrogens with zero attached hydrogens (tertiary/aromatic N) is 3. The number of imidazole rings is 1. The smallest absolute Gasteiger partial charge is 0.128 e. The van der Waals surface area contributed by atoms with Gasteiger partial charge in [-0.3, -0.25) is 4.99 Å². The van der Waals surface area contributed by atoms with Crippen molar-refractivity contribution in [2.75, 3.05) is 13.7 Å². The van der Waals surface area contributed by atoms with Gasteiger partial charge in [-0.25, -0.2) is 4.98 Å². The number of ether oxygens (including phenoxy) is 1. The number of hydrogen-bond donors (Lipinski definition) is 1. The molecular weight excluding hydrogens is 254 g/mol. The van der Waals surface area contributed by atoms with Gasteiger partial charge in [0.25, 0.3) is 0 Å². The van der Waals surface area contributed by atoms with E-state index < -0.39 is 0 Å². The van der Waals surface area contributed by atoms with Gasteiger partial charge in [-0.1, -0.05) is 0 Å². The van der Waals surface area contributed by atoms with E-state index in [0.717, 1.165) is 30.8 Å². The van der Waals surface area contributed by atoms with Crippen LogP contribution in [0.4, 0.5) is 0 Å². The predicted molar refractivity (Wildman–Crippen MR) is 78.6 cm³/mol. The first-order chi connectivity index (χ1) is 9.70. The number of rotatable bonds is 6. The van der Waals surface area contributed by atoms with Crippen LogP contribution in [0.25, 0.3) is 0 Å². The van der Waals surface area contributed by atoms with Gasteiger partial charge in [-0.05, 0) is 25.5 Å². The second kappa shape index (κ2) is 6.75. The number of methoxy groups -OCH3 is 1. The van der Waals surface area contributed by atoms with Crippen LogP contribution in [0.5, 0.6) is 11.5 Å². The lowest BCUT2D eigenvalue weighted by Crippen LogP contribution is -2.00. The lowest BCUT2D eigenvalue weighted by molar-refractivity contribution is 0.407. The number of aryl methyl sites for hydroxylation is 1. The fourth-order valence-electron chi connectivity index (χ4n) is 1.95. The molecule has 106 valence electrons. The van der Waals surface area contributed by atoms with Crippen LogP contribution in [-0.2, 0) is 6.54 Å². The Morgan fingerprint density at radius 1 is 1.45 bits per heavy atom. The highest BCUT2D eigenvalue weighted by molar-refractivity contribution is 6.01. The maximum absolute atomic E-state index is 9.93.